The molecular weight excluding hydrogens is 319 g/mol. The van der Waals surface area contributed by atoms with E-state index in [-0.39, 0.29) is 17.8 Å². The number of amides is 1. The highest BCUT2D eigenvalue weighted by molar-refractivity contribution is 5.94. The monoisotopic (exact) mass is 342 g/mol. The smallest absolute Gasteiger partial charge is 0.241 e. The Hall–Kier alpha value is -2.40. The molecule has 4 nitrogen and oxygen atoms in total. The number of hydrogen-bond donors (Lipinski definition) is 2. The number of hydrogen-bond acceptors (Lipinski definition) is 3. The highest BCUT2D eigenvalue weighted by atomic mass is 19.1. The summed E-state index contributed by atoms with van der Waals surface area (Å²) in [5, 5.41) is 2.66. The van der Waals surface area contributed by atoms with Gasteiger partial charge in [-0.05, 0) is 49.8 Å². The van der Waals surface area contributed by atoms with Crippen LogP contribution in [-0.4, -0.2) is 18.1 Å². The third-order valence-corrected chi connectivity index (χ3v) is 4.43. The lowest BCUT2D eigenvalue weighted by Gasteiger charge is -2.15. The minimum Gasteiger partial charge on any atom is -0.487 e. The van der Waals surface area contributed by atoms with Gasteiger partial charge in [-0.25, -0.2) is 4.39 Å². The second kappa shape index (κ2) is 8.12. The largest absolute Gasteiger partial charge is 0.487 e. The molecule has 3 N–H and O–H groups in total. The minimum atomic E-state index is -0.695. The Labute approximate surface area is 147 Å². The molecule has 0 aromatic heterocycles. The van der Waals surface area contributed by atoms with E-state index in [0.717, 1.165) is 31.2 Å². The van der Waals surface area contributed by atoms with Gasteiger partial charge in [0.2, 0.25) is 5.91 Å². The summed E-state index contributed by atoms with van der Waals surface area (Å²) in [6.07, 6.45) is 4.70. The summed E-state index contributed by atoms with van der Waals surface area (Å²) in [6, 6.07) is 13.3. The van der Waals surface area contributed by atoms with Crippen LogP contribution < -0.4 is 15.8 Å². The molecule has 0 heterocycles. The first-order valence-electron chi connectivity index (χ1n) is 8.68. The van der Waals surface area contributed by atoms with E-state index in [1.165, 1.54) is 6.07 Å². The molecule has 132 valence electrons. The van der Waals surface area contributed by atoms with Gasteiger partial charge >= 0.3 is 0 Å². The number of nitrogens with one attached hydrogen (secondary N) is 1. The van der Waals surface area contributed by atoms with Crippen LogP contribution in [0.5, 0.6) is 5.75 Å². The van der Waals surface area contributed by atoms with E-state index >= 15 is 0 Å². The predicted molar refractivity (Wildman–Crippen MR) is 96.0 cm³/mol. The van der Waals surface area contributed by atoms with Gasteiger partial charge in [-0.1, -0.05) is 30.3 Å². The summed E-state index contributed by atoms with van der Waals surface area (Å²) >= 11 is 0. The molecule has 2 aromatic rings. The molecule has 1 atom stereocenters. The predicted octanol–water partition coefficient (Wildman–Crippen LogP) is 3.66. The van der Waals surface area contributed by atoms with Gasteiger partial charge in [0, 0.05) is 11.8 Å². The molecule has 2 aromatic carbocycles. The zero-order chi connectivity index (χ0) is 17.6. The van der Waals surface area contributed by atoms with E-state index in [0.29, 0.717) is 12.1 Å². The van der Waals surface area contributed by atoms with Crippen LogP contribution in [0.4, 0.5) is 10.1 Å². The molecule has 25 heavy (non-hydrogen) atoms. The molecular formula is C20H23FN2O2. The van der Waals surface area contributed by atoms with E-state index in [4.69, 9.17) is 10.5 Å². The second-order valence-corrected chi connectivity index (χ2v) is 6.45. The molecule has 1 fully saturated rings. The standard InChI is InChI=1S/C20H23FN2O2/c21-17-13-15(10-11-19(17)25-16-8-4-5-9-16)23-20(24)18(22)12-14-6-2-1-3-7-14/h1-3,6-7,10-11,13,16,18H,4-5,8-9,12,22H2,(H,23,24)/t18-/m0/s1. The van der Waals surface area contributed by atoms with Crippen LogP contribution in [0.3, 0.4) is 0 Å². The third-order valence-electron chi connectivity index (χ3n) is 4.43. The number of benzene rings is 2. The van der Waals surface area contributed by atoms with Crippen LogP contribution in [0.25, 0.3) is 0 Å². The molecule has 1 aliphatic rings. The lowest BCUT2D eigenvalue weighted by molar-refractivity contribution is -0.117. The minimum absolute atomic E-state index is 0.0919. The first-order valence-corrected chi connectivity index (χ1v) is 8.68. The number of carbonyl (C=O) groups excluding carboxylic acids is 1. The second-order valence-electron chi connectivity index (χ2n) is 6.45. The molecule has 1 amide bonds. The maximum atomic E-state index is 14.2. The Morgan fingerprint density at radius 1 is 1.20 bits per heavy atom. The SMILES string of the molecule is N[C@@H](Cc1ccccc1)C(=O)Nc1ccc(OC2CCCC2)c(F)c1. The molecule has 0 radical (unpaired) electrons. The van der Waals surface area contributed by atoms with Gasteiger partial charge < -0.3 is 15.8 Å². The Bertz CT molecular complexity index is 715. The van der Waals surface area contributed by atoms with Gasteiger partial charge in [0.1, 0.15) is 0 Å². The highest BCUT2D eigenvalue weighted by Gasteiger charge is 2.19. The van der Waals surface area contributed by atoms with Crippen molar-refractivity contribution in [3.05, 3.63) is 59.9 Å². The average Bonchev–Trinajstić information content (AvgIpc) is 3.11. The normalized spacial score (nSPS) is 15.8. The van der Waals surface area contributed by atoms with Crippen molar-refractivity contribution in [2.24, 2.45) is 5.73 Å². The molecule has 3 rings (SSSR count). The van der Waals surface area contributed by atoms with Crippen molar-refractivity contribution in [3.63, 3.8) is 0 Å². The molecule has 5 heteroatoms. The third kappa shape index (κ3) is 4.79. The fourth-order valence-electron chi connectivity index (χ4n) is 3.06. The number of nitrogens with two attached hydrogens (primary N) is 1. The summed E-state index contributed by atoms with van der Waals surface area (Å²) < 4.78 is 19.9. The van der Waals surface area contributed by atoms with Gasteiger partial charge in [0.05, 0.1) is 12.1 Å². The van der Waals surface area contributed by atoms with Crippen molar-refractivity contribution < 1.29 is 13.9 Å². The summed E-state index contributed by atoms with van der Waals surface area (Å²) in [5.74, 6) is -0.576. The Balaban J connectivity index is 1.58. The molecule has 0 aliphatic heterocycles. The van der Waals surface area contributed by atoms with Gasteiger partial charge in [0.15, 0.2) is 11.6 Å². The summed E-state index contributed by atoms with van der Waals surface area (Å²) in [6.45, 7) is 0. The molecule has 0 bridgehead atoms. The summed E-state index contributed by atoms with van der Waals surface area (Å²) in [5.41, 5.74) is 7.31. The van der Waals surface area contributed by atoms with E-state index in [9.17, 15) is 9.18 Å². The van der Waals surface area contributed by atoms with Gasteiger partial charge in [-0.15, -0.1) is 0 Å². The molecule has 0 spiro atoms. The number of halogens is 1. The lowest BCUT2D eigenvalue weighted by Crippen LogP contribution is -2.37. The van der Waals surface area contributed by atoms with Gasteiger partial charge in [-0.2, -0.15) is 0 Å². The van der Waals surface area contributed by atoms with Crippen LogP contribution in [0.1, 0.15) is 31.2 Å². The Kier molecular flexibility index (Phi) is 5.66. The van der Waals surface area contributed by atoms with Crippen molar-refractivity contribution in [1.29, 1.82) is 0 Å². The van der Waals surface area contributed by atoms with Crippen LogP contribution in [0.15, 0.2) is 48.5 Å². The van der Waals surface area contributed by atoms with Gasteiger partial charge in [0.25, 0.3) is 0 Å². The number of rotatable bonds is 6. The number of anilines is 1. The van der Waals surface area contributed by atoms with E-state index in [2.05, 4.69) is 5.32 Å². The van der Waals surface area contributed by atoms with Crippen molar-refractivity contribution in [2.45, 2.75) is 44.2 Å². The number of carbonyl (C=O) groups is 1. The molecule has 1 saturated carbocycles. The Morgan fingerprint density at radius 2 is 1.92 bits per heavy atom. The maximum absolute atomic E-state index is 14.2. The lowest BCUT2D eigenvalue weighted by atomic mass is 10.1. The van der Waals surface area contributed by atoms with Crippen LogP contribution in [0, 0.1) is 5.82 Å². The van der Waals surface area contributed by atoms with Gasteiger partial charge in [-0.3, -0.25) is 4.79 Å². The topological polar surface area (TPSA) is 64.4 Å². The Morgan fingerprint density at radius 3 is 2.60 bits per heavy atom. The van der Waals surface area contributed by atoms with Crippen molar-refractivity contribution in [2.75, 3.05) is 5.32 Å². The van der Waals surface area contributed by atoms with Crippen LogP contribution in [0.2, 0.25) is 0 Å². The van der Waals surface area contributed by atoms with Crippen molar-refractivity contribution >= 4 is 11.6 Å². The summed E-state index contributed by atoms with van der Waals surface area (Å²) in [4.78, 5) is 12.2. The molecule has 1 aliphatic carbocycles. The average molecular weight is 342 g/mol. The van der Waals surface area contributed by atoms with Crippen molar-refractivity contribution in [3.8, 4) is 5.75 Å². The van der Waals surface area contributed by atoms with Crippen LogP contribution in [-0.2, 0) is 11.2 Å². The van der Waals surface area contributed by atoms with E-state index < -0.39 is 11.9 Å². The first-order chi connectivity index (χ1) is 12.1. The van der Waals surface area contributed by atoms with E-state index in [1.807, 2.05) is 30.3 Å². The zero-order valence-corrected chi connectivity index (χ0v) is 14.1. The van der Waals surface area contributed by atoms with E-state index in [1.54, 1.807) is 12.1 Å². The maximum Gasteiger partial charge on any atom is 0.241 e. The molecule has 0 saturated heterocycles. The fraction of sp³-hybridized carbons (Fsp3) is 0.350. The highest BCUT2D eigenvalue weighted by Crippen LogP contribution is 2.27. The van der Waals surface area contributed by atoms with Crippen LogP contribution >= 0.6 is 0 Å². The number of ether oxygens (including phenoxy) is 1. The zero-order valence-electron chi connectivity index (χ0n) is 14.1. The quantitative estimate of drug-likeness (QED) is 0.842. The fourth-order valence-corrected chi connectivity index (χ4v) is 3.06. The first kappa shape index (κ1) is 17.4. The molecule has 0 unspecified atom stereocenters. The summed E-state index contributed by atoms with van der Waals surface area (Å²) in [7, 11) is 0. The van der Waals surface area contributed by atoms with Crippen molar-refractivity contribution in [1.82, 2.24) is 0 Å².